The Morgan fingerprint density at radius 3 is 2.48 bits per heavy atom. The van der Waals surface area contributed by atoms with Gasteiger partial charge in [0.15, 0.2) is 5.82 Å². The standard InChI is InChI=1S/C17H22BrN3/c1-11(2)9-19-10-15-5-6-20-17(21-15)14-7-12(3)16(18)13(4)8-14/h5-8,11,19H,9-10H2,1-4H3. The van der Waals surface area contributed by atoms with Crippen molar-refractivity contribution in [2.75, 3.05) is 6.54 Å². The fourth-order valence-electron chi connectivity index (χ4n) is 2.20. The molecule has 0 bridgehead atoms. The minimum Gasteiger partial charge on any atom is -0.311 e. The number of nitrogens with zero attached hydrogens (tertiary/aromatic N) is 2. The maximum Gasteiger partial charge on any atom is 0.159 e. The number of aromatic nitrogens is 2. The average molecular weight is 348 g/mol. The van der Waals surface area contributed by atoms with Crippen LogP contribution in [-0.2, 0) is 6.54 Å². The summed E-state index contributed by atoms with van der Waals surface area (Å²) in [7, 11) is 0. The number of nitrogens with one attached hydrogen (secondary N) is 1. The van der Waals surface area contributed by atoms with Gasteiger partial charge in [0.25, 0.3) is 0 Å². The van der Waals surface area contributed by atoms with E-state index in [4.69, 9.17) is 0 Å². The van der Waals surface area contributed by atoms with Gasteiger partial charge in [0.05, 0.1) is 5.69 Å². The van der Waals surface area contributed by atoms with Crippen molar-refractivity contribution < 1.29 is 0 Å². The Labute approximate surface area is 135 Å². The van der Waals surface area contributed by atoms with E-state index in [-0.39, 0.29) is 0 Å². The minimum atomic E-state index is 0.642. The van der Waals surface area contributed by atoms with E-state index in [1.807, 2.05) is 12.3 Å². The van der Waals surface area contributed by atoms with Crippen molar-refractivity contribution in [3.05, 3.63) is 45.7 Å². The fraction of sp³-hybridized carbons (Fsp3) is 0.412. The van der Waals surface area contributed by atoms with Crippen molar-refractivity contribution >= 4 is 15.9 Å². The van der Waals surface area contributed by atoms with Crippen LogP contribution in [0.4, 0.5) is 0 Å². The highest BCUT2D eigenvalue weighted by molar-refractivity contribution is 9.10. The summed E-state index contributed by atoms with van der Waals surface area (Å²) in [6, 6.07) is 6.21. The van der Waals surface area contributed by atoms with Gasteiger partial charge in [0, 0.05) is 22.8 Å². The molecule has 0 aliphatic rings. The highest BCUT2D eigenvalue weighted by Gasteiger charge is 2.07. The fourth-order valence-corrected chi connectivity index (χ4v) is 2.43. The molecule has 0 unspecified atom stereocenters. The molecule has 2 aromatic rings. The highest BCUT2D eigenvalue weighted by Crippen LogP contribution is 2.26. The maximum absolute atomic E-state index is 4.66. The summed E-state index contributed by atoms with van der Waals surface area (Å²) in [5, 5.41) is 3.41. The third-order valence-electron chi connectivity index (χ3n) is 3.27. The Balaban J connectivity index is 2.21. The lowest BCUT2D eigenvalue weighted by Gasteiger charge is -2.09. The summed E-state index contributed by atoms with van der Waals surface area (Å²) in [6.07, 6.45) is 1.83. The van der Waals surface area contributed by atoms with Crippen molar-refractivity contribution in [2.24, 2.45) is 5.92 Å². The van der Waals surface area contributed by atoms with Gasteiger partial charge in [0.2, 0.25) is 0 Å². The molecule has 4 heteroatoms. The van der Waals surface area contributed by atoms with Crippen LogP contribution in [0.3, 0.4) is 0 Å². The molecule has 0 spiro atoms. The molecule has 1 heterocycles. The Bertz CT molecular complexity index is 600. The monoisotopic (exact) mass is 347 g/mol. The second-order valence-corrected chi connectivity index (χ2v) is 6.61. The first kappa shape index (κ1) is 16.1. The van der Waals surface area contributed by atoms with E-state index < -0.39 is 0 Å². The first-order valence-electron chi connectivity index (χ1n) is 7.27. The van der Waals surface area contributed by atoms with E-state index in [0.717, 1.165) is 34.6 Å². The SMILES string of the molecule is Cc1cc(-c2nccc(CNCC(C)C)n2)cc(C)c1Br. The van der Waals surface area contributed by atoms with Crippen LogP contribution < -0.4 is 5.32 Å². The van der Waals surface area contributed by atoms with Crippen LogP contribution in [-0.4, -0.2) is 16.5 Å². The number of hydrogen-bond donors (Lipinski definition) is 1. The molecule has 1 aromatic heterocycles. The van der Waals surface area contributed by atoms with Gasteiger partial charge < -0.3 is 5.32 Å². The van der Waals surface area contributed by atoms with Crippen molar-refractivity contribution in [2.45, 2.75) is 34.2 Å². The van der Waals surface area contributed by atoms with Crippen LogP contribution in [0.2, 0.25) is 0 Å². The molecule has 0 atom stereocenters. The summed E-state index contributed by atoms with van der Waals surface area (Å²) in [4.78, 5) is 9.07. The Morgan fingerprint density at radius 2 is 1.86 bits per heavy atom. The third-order valence-corrected chi connectivity index (χ3v) is 4.52. The van der Waals surface area contributed by atoms with Gasteiger partial charge >= 0.3 is 0 Å². The molecular weight excluding hydrogens is 326 g/mol. The summed E-state index contributed by atoms with van der Waals surface area (Å²) in [5.41, 5.74) is 4.51. The van der Waals surface area contributed by atoms with Crippen molar-refractivity contribution in [3.8, 4) is 11.4 Å². The normalized spacial score (nSPS) is 11.1. The molecular formula is C17H22BrN3. The van der Waals surface area contributed by atoms with Crippen molar-refractivity contribution in [1.82, 2.24) is 15.3 Å². The summed E-state index contributed by atoms with van der Waals surface area (Å²) in [6.45, 7) is 10.4. The molecule has 21 heavy (non-hydrogen) atoms. The predicted molar refractivity (Wildman–Crippen MR) is 91.2 cm³/mol. The van der Waals surface area contributed by atoms with E-state index in [1.165, 1.54) is 11.1 Å². The molecule has 0 amide bonds. The second kappa shape index (κ2) is 7.14. The van der Waals surface area contributed by atoms with Crippen LogP contribution in [0.25, 0.3) is 11.4 Å². The largest absolute Gasteiger partial charge is 0.311 e. The van der Waals surface area contributed by atoms with Crippen LogP contribution in [0.1, 0.15) is 30.7 Å². The smallest absolute Gasteiger partial charge is 0.159 e. The molecule has 0 saturated heterocycles. The molecule has 3 nitrogen and oxygen atoms in total. The topological polar surface area (TPSA) is 37.8 Å². The number of rotatable bonds is 5. The predicted octanol–water partition coefficient (Wildman–Crippen LogP) is 4.27. The van der Waals surface area contributed by atoms with E-state index >= 15 is 0 Å². The number of hydrogen-bond acceptors (Lipinski definition) is 3. The van der Waals surface area contributed by atoms with E-state index in [9.17, 15) is 0 Å². The van der Waals surface area contributed by atoms with Gasteiger partial charge in [0.1, 0.15) is 0 Å². The molecule has 112 valence electrons. The van der Waals surface area contributed by atoms with E-state index in [0.29, 0.717) is 5.92 Å². The first-order chi connectivity index (χ1) is 9.97. The zero-order valence-corrected chi connectivity index (χ0v) is 14.7. The zero-order valence-electron chi connectivity index (χ0n) is 13.1. The Morgan fingerprint density at radius 1 is 1.19 bits per heavy atom. The number of benzene rings is 1. The number of aryl methyl sites for hydroxylation is 2. The van der Waals surface area contributed by atoms with E-state index in [1.54, 1.807) is 0 Å². The molecule has 2 rings (SSSR count). The minimum absolute atomic E-state index is 0.642. The van der Waals surface area contributed by atoms with Crippen molar-refractivity contribution in [3.63, 3.8) is 0 Å². The van der Waals surface area contributed by atoms with Gasteiger partial charge in [-0.3, -0.25) is 0 Å². The van der Waals surface area contributed by atoms with Gasteiger partial charge in [-0.25, -0.2) is 9.97 Å². The second-order valence-electron chi connectivity index (χ2n) is 5.82. The molecule has 0 aliphatic heterocycles. The molecule has 1 N–H and O–H groups in total. The zero-order chi connectivity index (χ0) is 15.4. The van der Waals surface area contributed by atoms with Crippen LogP contribution in [0.5, 0.6) is 0 Å². The third kappa shape index (κ3) is 4.35. The number of halogens is 1. The molecule has 0 aliphatic carbocycles. The molecule has 0 saturated carbocycles. The summed E-state index contributed by atoms with van der Waals surface area (Å²) < 4.78 is 1.15. The quantitative estimate of drug-likeness (QED) is 0.877. The highest BCUT2D eigenvalue weighted by atomic mass is 79.9. The van der Waals surface area contributed by atoms with Crippen molar-refractivity contribution in [1.29, 1.82) is 0 Å². The first-order valence-corrected chi connectivity index (χ1v) is 8.06. The molecule has 0 fully saturated rings. The lowest BCUT2D eigenvalue weighted by Crippen LogP contribution is -2.19. The van der Waals surface area contributed by atoms with Crippen LogP contribution >= 0.6 is 15.9 Å². The average Bonchev–Trinajstić information content (AvgIpc) is 2.44. The van der Waals surface area contributed by atoms with Crippen LogP contribution in [0.15, 0.2) is 28.9 Å². The van der Waals surface area contributed by atoms with Gasteiger partial charge in [-0.15, -0.1) is 0 Å². The van der Waals surface area contributed by atoms with E-state index in [2.05, 4.69) is 71.0 Å². The van der Waals surface area contributed by atoms with Crippen LogP contribution in [0, 0.1) is 19.8 Å². The van der Waals surface area contributed by atoms with Gasteiger partial charge in [-0.2, -0.15) is 0 Å². The van der Waals surface area contributed by atoms with Gasteiger partial charge in [-0.05, 0) is 55.6 Å². The lowest BCUT2D eigenvalue weighted by atomic mass is 10.1. The van der Waals surface area contributed by atoms with Gasteiger partial charge in [-0.1, -0.05) is 29.8 Å². The lowest BCUT2D eigenvalue weighted by molar-refractivity contribution is 0.548. The summed E-state index contributed by atoms with van der Waals surface area (Å²) >= 11 is 3.60. The summed E-state index contributed by atoms with van der Waals surface area (Å²) in [5.74, 6) is 1.43. The maximum atomic E-state index is 4.66. The molecule has 0 radical (unpaired) electrons. The Hall–Kier alpha value is -1.26. The molecule has 1 aromatic carbocycles. The Kier molecular flexibility index (Phi) is 5.48.